The summed E-state index contributed by atoms with van der Waals surface area (Å²) < 4.78 is 3.76. The fourth-order valence-electron chi connectivity index (χ4n) is 2.34. The lowest BCUT2D eigenvalue weighted by Gasteiger charge is -2.01. The van der Waals surface area contributed by atoms with E-state index in [0.29, 0.717) is 6.04 Å². The Kier molecular flexibility index (Phi) is 3.11. The molecule has 1 aliphatic carbocycles. The fourth-order valence-corrected chi connectivity index (χ4v) is 2.34. The Morgan fingerprint density at radius 1 is 1.10 bits per heavy atom. The van der Waals surface area contributed by atoms with Crippen LogP contribution >= 0.6 is 0 Å². The molecule has 0 spiro atoms. The molecule has 4 rings (SSSR count). The third-order valence-corrected chi connectivity index (χ3v) is 3.70. The largest absolute Gasteiger partial charge is 0.308 e. The standard InChI is InChI=1S/C14H17N7/c1-2-4-14-13(3-1)17-19-21(14)8-7-20-10-12(16-18-20)9-15-11-5-6-11/h1-4,10-11,15H,5-9H2. The van der Waals surface area contributed by atoms with Crippen LogP contribution in [0, 0.1) is 0 Å². The normalized spacial score (nSPS) is 14.9. The quantitative estimate of drug-likeness (QED) is 0.730. The molecular formula is C14H17N7. The van der Waals surface area contributed by atoms with Gasteiger partial charge >= 0.3 is 0 Å². The predicted octanol–water partition coefficient (Wildman–Crippen LogP) is 0.975. The minimum atomic E-state index is 0.691. The Hall–Kier alpha value is -2.28. The summed E-state index contributed by atoms with van der Waals surface area (Å²) in [6, 6.07) is 8.66. The summed E-state index contributed by atoms with van der Waals surface area (Å²) in [6.07, 6.45) is 4.56. The average Bonchev–Trinajstić information content (AvgIpc) is 3.09. The Morgan fingerprint density at radius 3 is 2.90 bits per heavy atom. The van der Waals surface area contributed by atoms with Crippen molar-refractivity contribution in [2.24, 2.45) is 0 Å². The molecule has 21 heavy (non-hydrogen) atoms. The van der Waals surface area contributed by atoms with E-state index < -0.39 is 0 Å². The zero-order valence-electron chi connectivity index (χ0n) is 11.7. The molecule has 1 aromatic carbocycles. The molecule has 2 heterocycles. The Morgan fingerprint density at radius 2 is 2.00 bits per heavy atom. The van der Waals surface area contributed by atoms with E-state index in [4.69, 9.17) is 0 Å². The van der Waals surface area contributed by atoms with Gasteiger partial charge in [0, 0.05) is 18.8 Å². The Balaban J connectivity index is 1.39. The first kappa shape index (κ1) is 12.5. The number of hydrogen-bond donors (Lipinski definition) is 1. The van der Waals surface area contributed by atoms with Crippen LogP contribution in [-0.4, -0.2) is 36.0 Å². The van der Waals surface area contributed by atoms with Gasteiger partial charge in [-0.05, 0) is 25.0 Å². The van der Waals surface area contributed by atoms with E-state index in [1.165, 1.54) is 12.8 Å². The van der Waals surface area contributed by atoms with Crippen molar-refractivity contribution in [3.8, 4) is 0 Å². The number of rotatable bonds is 6. The molecule has 0 bridgehead atoms. The lowest BCUT2D eigenvalue weighted by molar-refractivity contribution is 0.489. The van der Waals surface area contributed by atoms with Gasteiger partial charge < -0.3 is 5.32 Å². The Bertz CT molecular complexity index is 740. The van der Waals surface area contributed by atoms with Crippen LogP contribution in [0.4, 0.5) is 0 Å². The summed E-state index contributed by atoms with van der Waals surface area (Å²) in [5.74, 6) is 0. The maximum absolute atomic E-state index is 4.18. The number of fused-ring (bicyclic) bond motifs is 1. The van der Waals surface area contributed by atoms with Crippen molar-refractivity contribution in [1.82, 2.24) is 35.3 Å². The molecule has 0 saturated heterocycles. The summed E-state index contributed by atoms with van der Waals surface area (Å²) in [4.78, 5) is 0. The molecule has 1 N–H and O–H groups in total. The first-order valence-electron chi connectivity index (χ1n) is 7.29. The predicted molar refractivity (Wildman–Crippen MR) is 77.4 cm³/mol. The highest BCUT2D eigenvalue weighted by Gasteiger charge is 2.20. The molecule has 7 nitrogen and oxygen atoms in total. The summed E-state index contributed by atoms with van der Waals surface area (Å²) in [5.41, 5.74) is 2.96. The molecular weight excluding hydrogens is 266 g/mol. The van der Waals surface area contributed by atoms with Crippen LogP contribution in [-0.2, 0) is 19.6 Å². The molecule has 1 fully saturated rings. The fraction of sp³-hybridized carbons (Fsp3) is 0.429. The van der Waals surface area contributed by atoms with E-state index in [-0.39, 0.29) is 0 Å². The van der Waals surface area contributed by atoms with Crippen LogP contribution in [0.1, 0.15) is 18.5 Å². The second kappa shape index (κ2) is 5.25. The lowest BCUT2D eigenvalue weighted by atomic mass is 10.3. The summed E-state index contributed by atoms with van der Waals surface area (Å²) in [6.45, 7) is 2.28. The highest BCUT2D eigenvalue weighted by atomic mass is 15.5. The molecule has 0 unspecified atom stereocenters. The molecule has 7 heteroatoms. The zero-order valence-corrected chi connectivity index (χ0v) is 11.7. The van der Waals surface area contributed by atoms with Crippen LogP contribution in [0.15, 0.2) is 30.5 Å². The van der Waals surface area contributed by atoms with Gasteiger partial charge in [-0.1, -0.05) is 22.6 Å². The number of aromatic nitrogens is 6. The van der Waals surface area contributed by atoms with E-state index in [0.717, 1.165) is 36.4 Å². The average molecular weight is 283 g/mol. The van der Waals surface area contributed by atoms with Gasteiger partial charge in [-0.15, -0.1) is 10.2 Å². The minimum Gasteiger partial charge on any atom is -0.308 e. The van der Waals surface area contributed by atoms with E-state index in [1.54, 1.807) is 0 Å². The summed E-state index contributed by atoms with van der Waals surface area (Å²) in [5, 5.41) is 20.1. The van der Waals surface area contributed by atoms with Crippen LogP contribution < -0.4 is 5.32 Å². The van der Waals surface area contributed by atoms with Gasteiger partial charge in [0.15, 0.2) is 0 Å². The van der Waals surface area contributed by atoms with Gasteiger partial charge in [0.25, 0.3) is 0 Å². The van der Waals surface area contributed by atoms with Gasteiger partial charge in [0.1, 0.15) is 5.52 Å². The van der Waals surface area contributed by atoms with Crippen molar-refractivity contribution >= 4 is 11.0 Å². The highest BCUT2D eigenvalue weighted by Crippen LogP contribution is 2.18. The summed E-state index contributed by atoms with van der Waals surface area (Å²) in [7, 11) is 0. The van der Waals surface area contributed by atoms with E-state index in [1.807, 2.05) is 39.8 Å². The zero-order chi connectivity index (χ0) is 14.1. The van der Waals surface area contributed by atoms with Crippen molar-refractivity contribution in [1.29, 1.82) is 0 Å². The maximum Gasteiger partial charge on any atom is 0.113 e. The van der Waals surface area contributed by atoms with Gasteiger partial charge in [0.2, 0.25) is 0 Å². The summed E-state index contributed by atoms with van der Waals surface area (Å²) >= 11 is 0. The highest BCUT2D eigenvalue weighted by molar-refractivity contribution is 5.73. The number of nitrogens with zero attached hydrogens (tertiary/aromatic N) is 6. The number of aryl methyl sites for hydroxylation is 2. The van der Waals surface area contributed by atoms with Crippen LogP contribution in [0.2, 0.25) is 0 Å². The number of para-hydroxylation sites is 1. The van der Waals surface area contributed by atoms with Crippen LogP contribution in [0.3, 0.4) is 0 Å². The third kappa shape index (κ3) is 2.78. The van der Waals surface area contributed by atoms with Gasteiger partial charge in [-0.2, -0.15) is 0 Å². The molecule has 1 saturated carbocycles. The first-order chi connectivity index (χ1) is 10.4. The second-order valence-corrected chi connectivity index (χ2v) is 5.43. The SMILES string of the molecule is c1ccc2c(c1)nnn2CCn1cc(CNC2CC2)nn1. The van der Waals surface area contributed by atoms with Crippen molar-refractivity contribution in [2.45, 2.75) is 38.5 Å². The first-order valence-corrected chi connectivity index (χ1v) is 7.29. The number of nitrogens with one attached hydrogen (secondary N) is 1. The monoisotopic (exact) mass is 283 g/mol. The van der Waals surface area contributed by atoms with E-state index in [2.05, 4.69) is 25.9 Å². The smallest absolute Gasteiger partial charge is 0.113 e. The van der Waals surface area contributed by atoms with Gasteiger partial charge in [0.05, 0.1) is 24.3 Å². The van der Waals surface area contributed by atoms with E-state index in [9.17, 15) is 0 Å². The number of hydrogen-bond acceptors (Lipinski definition) is 5. The molecule has 0 aliphatic heterocycles. The van der Waals surface area contributed by atoms with Crippen LogP contribution in [0.25, 0.3) is 11.0 Å². The molecule has 0 radical (unpaired) electrons. The van der Waals surface area contributed by atoms with Crippen LogP contribution in [0.5, 0.6) is 0 Å². The lowest BCUT2D eigenvalue weighted by Crippen LogP contribution is -2.15. The maximum atomic E-state index is 4.18. The minimum absolute atomic E-state index is 0.691. The Labute approximate surface area is 121 Å². The van der Waals surface area contributed by atoms with Gasteiger partial charge in [-0.3, -0.25) is 4.68 Å². The second-order valence-electron chi connectivity index (χ2n) is 5.43. The third-order valence-electron chi connectivity index (χ3n) is 3.70. The molecule has 1 aliphatic rings. The molecule has 108 valence electrons. The van der Waals surface area contributed by atoms with E-state index >= 15 is 0 Å². The van der Waals surface area contributed by atoms with Gasteiger partial charge in [-0.25, -0.2) is 4.68 Å². The molecule has 0 amide bonds. The van der Waals surface area contributed by atoms with Crippen molar-refractivity contribution in [3.63, 3.8) is 0 Å². The van der Waals surface area contributed by atoms with Crippen molar-refractivity contribution < 1.29 is 0 Å². The van der Waals surface area contributed by atoms with Crippen molar-refractivity contribution in [3.05, 3.63) is 36.2 Å². The number of benzene rings is 1. The molecule has 0 atom stereocenters. The molecule has 2 aromatic heterocycles. The van der Waals surface area contributed by atoms with Crippen molar-refractivity contribution in [2.75, 3.05) is 0 Å². The topological polar surface area (TPSA) is 73.5 Å². The molecule has 3 aromatic rings.